The van der Waals surface area contributed by atoms with Crippen molar-refractivity contribution in [3.63, 3.8) is 0 Å². The molecule has 1 spiro atoms. The maximum Gasteiger partial charge on any atom is 0.327 e. The van der Waals surface area contributed by atoms with Crippen molar-refractivity contribution in [2.24, 2.45) is 5.92 Å². The van der Waals surface area contributed by atoms with E-state index in [1.54, 1.807) is 6.92 Å². The lowest BCUT2D eigenvalue weighted by Gasteiger charge is -2.36. The topological polar surface area (TPSA) is 115 Å². The van der Waals surface area contributed by atoms with Gasteiger partial charge in [-0.3, -0.25) is 14.5 Å². The molecule has 0 aromatic carbocycles. The van der Waals surface area contributed by atoms with Crippen LogP contribution in [0.4, 0.5) is 4.79 Å². The fraction of sp³-hybridized carbons (Fsp3) is 0.526. The van der Waals surface area contributed by atoms with Crippen LogP contribution in [0.15, 0.2) is 21.9 Å². The number of hydrogen-bond donors (Lipinski definition) is 1. The number of carbonyl (C=O) groups excluding carboxylic acids is 3. The average molecular weight is 418 g/mol. The summed E-state index contributed by atoms with van der Waals surface area (Å²) in [4.78, 5) is 39.4. The summed E-state index contributed by atoms with van der Waals surface area (Å²) in [5, 5.41) is 12.6. The van der Waals surface area contributed by atoms with Gasteiger partial charge in [0.15, 0.2) is 6.10 Å². The van der Waals surface area contributed by atoms with Crippen molar-refractivity contribution >= 4 is 29.2 Å². The molecule has 1 saturated carbocycles. The Balaban J connectivity index is 1.39. The largest absolute Gasteiger partial charge is 0.451 e. The van der Waals surface area contributed by atoms with Gasteiger partial charge >= 0.3 is 12.0 Å². The molecular weight excluding hydrogens is 396 g/mol. The first-order valence-corrected chi connectivity index (χ1v) is 10.5. The molecule has 2 fully saturated rings. The van der Waals surface area contributed by atoms with E-state index in [-0.39, 0.29) is 17.7 Å². The normalized spacial score (nSPS) is 25.3. The zero-order valence-corrected chi connectivity index (χ0v) is 17.0. The van der Waals surface area contributed by atoms with Gasteiger partial charge < -0.3 is 14.5 Å². The predicted molar refractivity (Wildman–Crippen MR) is 103 cm³/mol. The Hall–Kier alpha value is -2.75. The minimum atomic E-state index is -0.899. The number of imide groups is 1. The molecule has 1 N–H and O–H groups in total. The minimum absolute atomic E-state index is 0.0294. The lowest BCUT2D eigenvalue weighted by atomic mass is 9.73. The number of nitrogens with one attached hydrogen (secondary N) is 1. The van der Waals surface area contributed by atoms with Gasteiger partial charge in [0.1, 0.15) is 12.1 Å². The smallest absolute Gasteiger partial charge is 0.327 e. The first kappa shape index (κ1) is 19.6. The highest BCUT2D eigenvalue weighted by Gasteiger charge is 2.55. The number of esters is 1. The Kier molecular flexibility index (Phi) is 5.12. The third-order valence-electron chi connectivity index (χ3n) is 5.62. The van der Waals surface area contributed by atoms with Crippen molar-refractivity contribution in [1.29, 1.82) is 0 Å². The highest BCUT2D eigenvalue weighted by Crippen LogP contribution is 2.38. The Morgan fingerprint density at radius 3 is 3.00 bits per heavy atom. The molecule has 0 radical (unpaired) electrons. The highest BCUT2D eigenvalue weighted by molar-refractivity contribution is 7.13. The third-order valence-corrected chi connectivity index (χ3v) is 6.48. The molecule has 3 amide bonds. The number of hydrogen-bond acceptors (Lipinski definition) is 8. The fourth-order valence-electron chi connectivity index (χ4n) is 3.95. The van der Waals surface area contributed by atoms with Crippen LogP contribution in [0, 0.1) is 5.92 Å². The molecule has 4 rings (SSSR count). The van der Waals surface area contributed by atoms with Crippen molar-refractivity contribution in [2.75, 3.05) is 6.54 Å². The van der Waals surface area contributed by atoms with Crippen LogP contribution in [-0.4, -0.2) is 45.1 Å². The Morgan fingerprint density at radius 2 is 2.28 bits per heavy atom. The summed E-state index contributed by atoms with van der Waals surface area (Å²) >= 11 is 1.45. The van der Waals surface area contributed by atoms with Crippen LogP contribution >= 0.6 is 11.3 Å². The van der Waals surface area contributed by atoms with Crippen molar-refractivity contribution < 1.29 is 23.5 Å². The number of thiophene rings is 1. The minimum Gasteiger partial charge on any atom is -0.451 e. The quantitative estimate of drug-likeness (QED) is 0.586. The average Bonchev–Trinajstić information content (AvgIpc) is 3.42. The van der Waals surface area contributed by atoms with Crippen molar-refractivity contribution in [1.82, 2.24) is 20.4 Å². The van der Waals surface area contributed by atoms with Crippen LogP contribution in [0.5, 0.6) is 0 Å². The highest BCUT2D eigenvalue weighted by atomic mass is 32.1. The summed E-state index contributed by atoms with van der Waals surface area (Å²) in [5.41, 5.74) is -0.899. The van der Waals surface area contributed by atoms with Crippen LogP contribution in [0.25, 0.3) is 10.8 Å². The van der Waals surface area contributed by atoms with Crippen LogP contribution in [-0.2, 0) is 14.3 Å². The molecule has 29 heavy (non-hydrogen) atoms. The summed E-state index contributed by atoms with van der Waals surface area (Å²) in [6, 6.07) is 3.16. The molecule has 3 heterocycles. The maximum atomic E-state index is 12.9. The standard InChI is InChI=1S/C19H22N4O5S/c1-11-6-3-4-8-19(11)17(25)23(18(26)20-19)10-14(24)27-12(2)15-21-22-16(28-15)13-7-5-9-29-13/h5,7,9,11-12H,3-4,6,8,10H2,1-2H3,(H,20,26)/t11-,12+,19-/m1/s1. The van der Waals surface area contributed by atoms with E-state index in [4.69, 9.17) is 9.15 Å². The SMILES string of the molecule is C[C@H](OC(=O)CN1C(=O)N[C@@]2(CCCC[C@H]2C)C1=O)c1nnc(-c2cccs2)o1. The van der Waals surface area contributed by atoms with E-state index in [0.717, 1.165) is 29.0 Å². The van der Waals surface area contributed by atoms with Gasteiger partial charge in [-0.2, -0.15) is 0 Å². The summed E-state index contributed by atoms with van der Waals surface area (Å²) in [7, 11) is 0. The zero-order chi connectivity index (χ0) is 20.6. The van der Waals surface area contributed by atoms with Gasteiger partial charge in [0.05, 0.1) is 4.88 Å². The van der Waals surface area contributed by atoms with Crippen LogP contribution in [0.3, 0.4) is 0 Å². The van der Waals surface area contributed by atoms with E-state index in [2.05, 4.69) is 15.5 Å². The van der Waals surface area contributed by atoms with E-state index in [9.17, 15) is 14.4 Å². The number of aromatic nitrogens is 2. The zero-order valence-electron chi connectivity index (χ0n) is 16.2. The Morgan fingerprint density at radius 1 is 1.45 bits per heavy atom. The van der Waals surface area contributed by atoms with Gasteiger partial charge in [-0.05, 0) is 37.1 Å². The molecular formula is C19H22N4O5S. The third kappa shape index (κ3) is 3.52. The van der Waals surface area contributed by atoms with Crippen LogP contribution in [0.2, 0.25) is 0 Å². The summed E-state index contributed by atoms with van der Waals surface area (Å²) < 4.78 is 10.9. The van der Waals surface area contributed by atoms with E-state index in [1.165, 1.54) is 11.3 Å². The Bertz CT molecular complexity index is 927. The maximum absolute atomic E-state index is 12.9. The molecule has 1 aliphatic carbocycles. The first-order valence-electron chi connectivity index (χ1n) is 9.61. The second-order valence-corrected chi connectivity index (χ2v) is 8.44. The van der Waals surface area contributed by atoms with Crippen LogP contribution in [0.1, 0.15) is 51.5 Å². The van der Waals surface area contributed by atoms with E-state index in [0.29, 0.717) is 12.3 Å². The molecule has 10 heteroatoms. The van der Waals surface area contributed by atoms with Gasteiger partial charge in [0.25, 0.3) is 17.7 Å². The fourth-order valence-corrected chi connectivity index (χ4v) is 4.60. The monoisotopic (exact) mass is 418 g/mol. The molecule has 2 aliphatic rings. The second kappa shape index (κ2) is 7.58. The first-order chi connectivity index (χ1) is 13.9. The second-order valence-electron chi connectivity index (χ2n) is 7.49. The molecule has 0 bridgehead atoms. The molecule has 0 unspecified atom stereocenters. The lowest BCUT2D eigenvalue weighted by Crippen LogP contribution is -2.54. The van der Waals surface area contributed by atoms with Crippen molar-refractivity contribution in [2.45, 2.75) is 51.2 Å². The van der Waals surface area contributed by atoms with E-state index in [1.807, 2.05) is 24.4 Å². The predicted octanol–water partition coefficient (Wildman–Crippen LogP) is 2.90. The summed E-state index contributed by atoms with van der Waals surface area (Å²) in [6.45, 7) is 3.11. The molecule has 154 valence electrons. The van der Waals surface area contributed by atoms with Crippen molar-refractivity contribution in [3.8, 4) is 10.8 Å². The van der Waals surface area contributed by atoms with Gasteiger partial charge in [-0.15, -0.1) is 21.5 Å². The van der Waals surface area contributed by atoms with Crippen LogP contribution < -0.4 is 5.32 Å². The van der Waals surface area contributed by atoms with E-state index < -0.39 is 30.2 Å². The molecule has 2 aromatic heterocycles. The summed E-state index contributed by atoms with van der Waals surface area (Å²) in [5.74, 6) is -0.535. The number of nitrogens with zero attached hydrogens (tertiary/aromatic N) is 3. The Labute approximate surface area is 171 Å². The molecule has 2 aromatic rings. The number of carbonyl (C=O) groups is 3. The van der Waals surface area contributed by atoms with Gasteiger partial charge in [-0.1, -0.05) is 25.8 Å². The lowest BCUT2D eigenvalue weighted by molar-refractivity contribution is -0.153. The molecule has 9 nitrogen and oxygen atoms in total. The van der Waals surface area contributed by atoms with Gasteiger partial charge in [-0.25, -0.2) is 4.79 Å². The van der Waals surface area contributed by atoms with E-state index >= 15 is 0 Å². The molecule has 1 aliphatic heterocycles. The molecule has 1 saturated heterocycles. The number of rotatable bonds is 5. The number of ether oxygens (including phenoxy) is 1. The van der Waals surface area contributed by atoms with Crippen molar-refractivity contribution in [3.05, 3.63) is 23.4 Å². The summed E-state index contributed by atoms with van der Waals surface area (Å²) in [6.07, 6.45) is 2.56. The number of urea groups is 1. The van der Waals surface area contributed by atoms with Gasteiger partial charge in [0, 0.05) is 0 Å². The number of amides is 3. The van der Waals surface area contributed by atoms with Gasteiger partial charge in [0.2, 0.25) is 0 Å². The molecule has 3 atom stereocenters.